The van der Waals surface area contributed by atoms with Crippen LogP contribution >= 0.6 is 0 Å². The molecule has 0 atom stereocenters. The lowest BCUT2D eigenvalue weighted by molar-refractivity contribution is 0.00544. The minimum atomic E-state index is -0.705. The van der Waals surface area contributed by atoms with Gasteiger partial charge in [-0.2, -0.15) is 4.98 Å². The summed E-state index contributed by atoms with van der Waals surface area (Å²) in [4.78, 5) is 35.0. The monoisotopic (exact) mass is 566 g/mol. The fraction of sp³-hybridized carbons (Fsp3) is 0.355. The highest BCUT2D eigenvalue weighted by atomic mass is 16.6. The molecule has 0 amide bonds. The van der Waals surface area contributed by atoms with Gasteiger partial charge in [0.2, 0.25) is 17.5 Å². The van der Waals surface area contributed by atoms with Crippen molar-refractivity contribution in [2.45, 2.75) is 72.1 Å². The predicted molar refractivity (Wildman–Crippen MR) is 159 cm³/mol. The zero-order valence-corrected chi connectivity index (χ0v) is 24.4. The van der Waals surface area contributed by atoms with E-state index in [0.717, 1.165) is 27.5 Å². The molecule has 0 saturated heterocycles. The van der Waals surface area contributed by atoms with E-state index in [0.29, 0.717) is 35.6 Å². The summed E-state index contributed by atoms with van der Waals surface area (Å²) in [5, 5.41) is 5.31. The van der Waals surface area contributed by atoms with Crippen molar-refractivity contribution in [3.05, 3.63) is 76.8 Å². The Labute approximate surface area is 243 Å². The van der Waals surface area contributed by atoms with Crippen LogP contribution in [0.4, 0.5) is 11.6 Å². The number of nitrogen functional groups attached to an aromatic ring is 1. The molecule has 3 N–H and O–H groups in total. The number of esters is 1. The van der Waals surface area contributed by atoms with Crippen molar-refractivity contribution >= 4 is 34.2 Å². The number of aryl methyl sites for hydroxylation is 2. The summed E-state index contributed by atoms with van der Waals surface area (Å²) in [5.74, 6) is 1.63. The number of aromatic nitrogens is 6. The van der Waals surface area contributed by atoms with Crippen LogP contribution in [0.3, 0.4) is 0 Å². The van der Waals surface area contributed by atoms with Gasteiger partial charge in [0.25, 0.3) is 0 Å². The maximum Gasteiger partial charge on any atom is 0.377 e. The molecule has 0 aliphatic heterocycles. The number of fused-ring (bicyclic) bond motifs is 2. The van der Waals surface area contributed by atoms with E-state index in [4.69, 9.17) is 15.2 Å². The molecule has 1 aromatic carbocycles. The van der Waals surface area contributed by atoms with Crippen molar-refractivity contribution in [1.29, 1.82) is 0 Å². The summed E-state index contributed by atoms with van der Waals surface area (Å²) in [5.41, 5.74) is 10.6. The highest BCUT2D eigenvalue weighted by Crippen LogP contribution is 2.39. The number of benzene rings is 1. The molecule has 216 valence electrons. The Morgan fingerprint density at radius 3 is 2.67 bits per heavy atom. The van der Waals surface area contributed by atoms with Crippen LogP contribution in [0.1, 0.15) is 78.1 Å². The normalized spacial score (nSPS) is 13.5. The predicted octanol–water partition coefficient (Wildman–Crippen LogP) is 5.29. The van der Waals surface area contributed by atoms with Gasteiger partial charge < -0.3 is 20.5 Å². The molecule has 1 aliphatic rings. The number of nitrogens with two attached hydrogens (primary N) is 1. The maximum absolute atomic E-state index is 12.9. The quantitative estimate of drug-likeness (QED) is 0.238. The van der Waals surface area contributed by atoms with Crippen molar-refractivity contribution in [2.24, 2.45) is 0 Å². The number of rotatable bonds is 8. The summed E-state index contributed by atoms with van der Waals surface area (Å²) < 4.78 is 13.5. The SMILES string of the molecule is Cc1cc2c(N)nccc2c(C)c1CNc1cc(OCc2cn3cc(C4CC4)cnc3n2)nc(C(=O)OC(C)(C)C)n1. The smallest absolute Gasteiger partial charge is 0.377 e. The molecule has 6 rings (SSSR count). The van der Waals surface area contributed by atoms with Gasteiger partial charge in [-0.25, -0.2) is 24.7 Å². The fourth-order valence-electron chi connectivity index (χ4n) is 4.98. The van der Waals surface area contributed by atoms with E-state index in [9.17, 15) is 4.79 Å². The molecule has 0 radical (unpaired) electrons. The number of nitrogens with one attached hydrogen (secondary N) is 1. The van der Waals surface area contributed by atoms with E-state index in [2.05, 4.69) is 43.4 Å². The minimum Gasteiger partial charge on any atom is -0.471 e. The summed E-state index contributed by atoms with van der Waals surface area (Å²) in [6.45, 7) is 10.1. The summed E-state index contributed by atoms with van der Waals surface area (Å²) in [6, 6.07) is 5.67. The molecule has 0 bridgehead atoms. The van der Waals surface area contributed by atoms with E-state index >= 15 is 0 Å². The number of hydrogen-bond donors (Lipinski definition) is 2. The third-order valence-corrected chi connectivity index (χ3v) is 7.24. The molecule has 42 heavy (non-hydrogen) atoms. The Hall–Kier alpha value is -4.80. The van der Waals surface area contributed by atoms with E-state index in [1.807, 2.05) is 35.9 Å². The third-order valence-electron chi connectivity index (χ3n) is 7.24. The van der Waals surface area contributed by atoms with Crippen LogP contribution in [-0.4, -0.2) is 40.9 Å². The van der Waals surface area contributed by atoms with E-state index in [1.165, 1.54) is 18.4 Å². The number of ether oxygens (including phenoxy) is 2. The molecule has 5 aromatic rings. The van der Waals surface area contributed by atoms with Crippen LogP contribution in [0.5, 0.6) is 5.88 Å². The molecule has 1 fully saturated rings. The zero-order valence-electron chi connectivity index (χ0n) is 24.4. The van der Waals surface area contributed by atoms with Crippen molar-refractivity contribution in [2.75, 3.05) is 11.1 Å². The standard InChI is InChI=1S/C31H34N8O3/c1-17-10-23-22(8-9-33-27(23)32)18(2)24(17)13-34-25-11-26(38-28(37-25)29(40)42-31(3,4)5)41-16-21-15-39-14-20(19-6-7-19)12-35-30(39)36-21/h8-12,14-15,19H,6-7,13,16H2,1-5H3,(H2,32,33)(H,34,37,38). The first-order valence-electron chi connectivity index (χ1n) is 14.0. The summed E-state index contributed by atoms with van der Waals surface area (Å²) >= 11 is 0. The molecule has 4 heterocycles. The molecule has 11 heteroatoms. The lowest BCUT2D eigenvalue weighted by atomic mass is 9.96. The van der Waals surface area contributed by atoms with E-state index in [-0.39, 0.29) is 18.3 Å². The van der Waals surface area contributed by atoms with Gasteiger partial charge in [-0.3, -0.25) is 4.40 Å². The lowest BCUT2D eigenvalue weighted by Crippen LogP contribution is -2.25. The van der Waals surface area contributed by atoms with Gasteiger partial charge in [-0.1, -0.05) is 0 Å². The van der Waals surface area contributed by atoms with Gasteiger partial charge in [0.15, 0.2) is 0 Å². The molecule has 11 nitrogen and oxygen atoms in total. The van der Waals surface area contributed by atoms with Gasteiger partial charge >= 0.3 is 5.97 Å². The van der Waals surface area contributed by atoms with E-state index in [1.54, 1.807) is 33.0 Å². The number of pyridine rings is 1. The maximum atomic E-state index is 12.9. The van der Waals surface area contributed by atoms with Crippen molar-refractivity contribution in [3.8, 4) is 5.88 Å². The number of carbonyl (C=O) groups excluding carboxylic acids is 1. The van der Waals surface area contributed by atoms with Gasteiger partial charge in [-0.05, 0) is 93.2 Å². The highest BCUT2D eigenvalue weighted by molar-refractivity contribution is 5.94. The minimum absolute atomic E-state index is 0.0959. The zero-order chi connectivity index (χ0) is 29.6. The molecule has 0 spiro atoms. The number of hydrogen-bond acceptors (Lipinski definition) is 10. The lowest BCUT2D eigenvalue weighted by Gasteiger charge is -2.19. The Balaban J connectivity index is 1.25. The topological polar surface area (TPSA) is 142 Å². The Morgan fingerprint density at radius 2 is 1.90 bits per heavy atom. The van der Waals surface area contributed by atoms with Crippen LogP contribution in [0.2, 0.25) is 0 Å². The van der Waals surface area contributed by atoms with Gasteiger partial charge in [0, 0.05) is 42.8 Å². The first kappa shape index (κ1) is 27.4. The molecule has 0 unspecified atom stereocenters. The Kier molecular flexibility index (Phi) is 6.88. The summed E-state index contributed by atoms with van der Waals surface area (Å²) in [7, 11) is 0. The Morgan fingerprint density at radius 1 is 1.10 bits per heavy atom. The molecular weight excluding hydrogens is 532 g/mol. The fourth-order valence-corrected chi connectivity index (χ4v) is 4.98. The second-order valence-electron chi connectivity index (χ2n) is 11.7. The van der Waals surface area contributed by atoms with E-state index < -0.39 is 11.6 Å². The van der Waals surface area contributed by atoms with Crippen LogP contribution in [0.25, 0.3) is 16.6 Å². The van der Waals surface area contributed by atoms with Crippen molar-refractivity contribution < 1.29 is 14.3 Å². The second-order valence-corrected chi connectivity index (χ2v) is 11.7. The average Bonchev–Trinajstić information content (AvgIpc) is 3.70. The second kappa shape index (κ2) is 10.6. The largest absolute Gasteiger partial charge is 0.471 e. The van der Waals surface area contributed by atoms with Crippen molar-refractivity contribution in [1.82, 2.24) is 29.3 Å². The number of carbonyl (C=O) groups is 1. The highest BCUT2D eigenvalue weighted by Gasteiger charge is 2.25. The number of imidazole rings is 1. The molecule has 1 aliphatic carbocycles. The average molecular weight is 567 g/mol. The van der Waals surface area contributed by atoms with Gasteiger partial charge in [0.05, 0.1) is 5.69 Å². The van der Waals surface area contributed by atoms with Gasteiger partial charge in [0.1, 0.15) is 23.8 Å². The third kappa shape index (κ3) is 5.81. The molecular formula is C31H34N8O3. The van der Waals surface area contributed by atoms with Gasteiger partial charge in [-0.15, -0.1) is 0 Å². The molecule has 1 saturated carbocycles. The van der Waals surface area contributed by atoms with Crippen LogP contribution in [0, 0.1) is 13.8 Å². The number of nitrogens with zero attached hydrogens (tertiary/aromatic N) is 6. The first-order valence-corrected chi connectivity index (χ1v) is 14.0. The summed E-state index contributed by atoms with van der Waals surface area (Å²) in [6.07, 6.45) is 9.98. The first-order chi connectivity index (χ1) is 20.0. The Bertz CT molecular complexity index is 1820. The van der Waals surface area contributed by atoms with Crippen LogP contribution in [0.15, 0.2) is 43.0 Å². The molecule has 4 aromatic heterocycles. The van der Waals surface area contributed by atoms with Crippen LogP contribution in [-0.2, 0) is 17.9 Å². The van der Waals surface area contributed by atoms with Crippen LogP contribution < -0.4 is 15.8 Å². The number of anilines is 2. The van der Waals surface area contributed by atoms with Crippen molar-refractivity contribution in [3.63, 3.8) is 0 Å².